The van der Waals surface area contributed by atoms with E-state index in [0.29, 0.717) is 6.42 Å². The van der Waals surface area contributed by atoms with Gasteiger partial charge in [-0.25, -0.2) is 0 Å². The van der Waals surface area contributed by atoms with E-state index < -0.39 is 0 Å². The molecule has 1 amide bonds. The second-order valence-electron chi connectivity index (χ2n) is 4.32. The molecular formula is C11H19NO3. The zero-order chi connectivity index (χ0) is 11.6. The Hall–Kier alpha value is -1.06. The van der Waals surface area contributed by atoms with E-state index in [4.69, 9.17) is 4.74 Å². The van der Waals surface area contributed by atoms with Crippen LogP contribution in [0.25, 0.3) is 0 Å². The maximum Gasteiger partial charge on any atom is 0.302 e. The average molecular weight is 213 g/mol. The second kappa shape index (κ2) is 4.64. The highest BCUT2D eigenvalue weighted by atomic mass is 16.5. The summed E-state index contributed by atoms with van der Waals surface area (Å²) in [6.07, 6.45) is 0.529. The van der Waals surface area contributed by atoms with Crippen molar-refractivity contribution >= 4 is 11.9 Å². The Balaban J connectivity index is 2.67. The van der Waals surface area contributed by atoms with Gasteiger partial charge >= 0.3 is 5.97 Å². The summed E-state index contributed by atoms with van der Waals surface area (Å²) in [7, 11) is 1.64. The minimum absolute atomic E-state index is 0.0330. The molecule has 4 atom stereocenters. The third-order valence-electron chi connectivity index (χ3n) is 3.44. The number of rotatable bonds is 2. The first-order valence-electron chi connectivity index (χ1n) is 5.36. The van der Waals surface area contributed by atoms with Crippen molar-refractivity contribution in [2.75, 3.05) is 7.05 Å². The number of carbonyl (C=O) groups is 2. The number of ether oxygens (including phenoxy) is 1. The fourth-order valence-corrected chi connectivity index (χ4v) is 2.28. The quantitative estimate of drug-likeness (QED) is 0.695. The summed E-state index contributed by atoms with van der Waals surface area (Å²) in [5.41, 5.74) is 0. The molecule has 0 aliphatic heterocycles. The number of esters is 1. The van der Waals surface area contributed by atoms with E-state index in [-0.39, 0.29) is 35.7 Å². The lowest BCUT2D eigenvalue weighted by atomic mass is 9.92. The predicted molar refractivity (Wildman–Crippen MR) is 56.1 cm³/mol. The van der Waals surface area contributed by atoms with Crippen LogP contribution in [0.15, 0.2) is 0 Å². The first-order chi connectivity index (χ1) is 6.97. The molecule has 0 heterocycles. The van der Waals surface area contributed by atoms with Gasteiger partial charge in [0, 0.05) is 19.9 Å². The number of nitrogens with one attached hydrogen (secondary N) is 1. The van der Waals surface area contributed by atoms with Gasteiger partial charge in [0.05, 0.1) is 0 Å². The van der Waals surface area contributed by atoms with Crippen LogP contribution in [-0.4, -0.2) is 25.0 Å². The average Bonchev–Trinajstić information content (AvgIpc) is 2.44. The van der Waals surface area contributed by atoms with Crippen molar-refractivity contribution in [3.63, 3.8) is 0 Å². The highest BCUT2D eigenvalue weighted by Gasteiger charge is 2.42. The van der Waals surface area contributed by atoms with Crippen molar-refractivity contribution in [3.05, 3.63) is 0 Å². The van der Waals surface area contributed by atoms with Crippen LogP contribution in [0.2, 0.25) is 0 Å². The lowest BCUT2D eigenvalue weighted by molar-refractivity contribution is -0.148. The zero-order valence-electron chi connectivity index (χ0n) is 9.74. The van der Waals surface area contributed by atoms with Crippen LogP contribution >= 0.6 is 0 Å². The maximum absolute atomic E-state index is 11.5. The summed E-state index contributed by atoms with van der Waals surface area (Å²) in [6, 6.07) is 0. The van der Waals surface area contributed by atoms with Crippen LogP contribution in [0.4, 0.5) is 0 Å². The van der Waals surface area contributed by atoms with Gasteiger partial charge < -0.3 is 10.1 Å². The van der Waals surface area contributed by atoms with Gasteiger partial charge in [-0.3, -0.25) is 9.59 Å². The number of amides is 1. The molecule has 86 valence electrons. The lowest BCUT2D eigenvalue weighted by Gasteiger charge is -2.18. The van der Waals surface area contributed by atoms with Crippen molar-refractivity contribution in [3.8, 4) is 0 Å². The van der Waals surface area contributed by atoms with Gasteiger partial charge in [-0.05, 0) is 18.3 Å². The van der Waals surface area contributed by atoms with Gasteiger partial charge in [0.2, 0.25) is 5.91 Å². The molecule has 1 fully saturated rings. The van der Waals surface area contributed by atoms with Crippen molar-refractivity contribution in [2.45, 2.75) is 33.3 Å². The van der Waals surface area contributed by atoms with Gasteiger partial charge in [0.15, 0.2) is 0 Å². The molecule has 1 saturated carbocycles. The molecule has 0 aromatic carbocycles. The number of hydrogen-bond donors (Lipinski definition) is 1. The van der Waals surface area contributed by atoms with Crippen LogP contribution in [0.5, 0.6) is 0 Å². The van der Waals surface area contributed by atoms with E-state index in [1.54, 1.807) is 7.05 Å². The Morgan fingerprint density at radius 1 is 1.27 bits per heavy atom. The highest BCUT2D eigenvalue weighted by molar-refractivity contribution is 5.79. The molecule has 1 rings (SSSR count). The summed E-state index contributed by atoms with van der Waals surface area (Å²) < 4.78 is 5.20. The van der Waals surface area contributed by atoms with E-state index in [1.807, 2.05) is 13.8 Å². The third-order valence-corrected chi connectivity index (χ3v) is 3.44. The lowest BCUT2D eigenvalue weighted by Crippen LogP contribution is -2.29. The van der Waals surface area contributed by atoms with Crippen LogP contribution in [0, 0.1) is 17.8 Å². The summed E-state index contributed by atoms with van der Waals surface area (Å²) in [5.74, 6) is 0.250. The molecule has 1 aliphatic carbocycles. The molecule has 15 heavy (non-hydrogen) atoms. The largest absolute Gasteiger partial charge is 0.462 e. The number of hydrogen-bond acceptors (Lipinski definition) is 3. The first kappa shape index (κ1) is 12.0. The van der Waals surface area contributed by atoms with Gasteiger partial charge in [-0.1, -0.05) is 13.8 Å². The van der Waals surface area contributed by atoms with E-state index in [0.717, 1.165) is 0 Å². The molecular weight excluding hydrogens is 194 g/mol. The topological polar surface area (TPSA) is 55.4 Å². The second-order valence-corrected chi connectivity index (χ2v) is 4.32. The molecule has 0 radical (unpaired) electrons. The molecule has 0 saturated heterocycles. The van der Waals surface area contributed by atoms with Gasteiger partial charge in [0.1, 0.15) is 6.10 Å². The summed E-state index contributed by atoms with van der Waals surface area (Å²) in [4.78, 5) is 22.4. The maximum atomic E-state index is 11.5. The van der Waals surface area contributed by atoms with E-state index in [2.05, 4.69) is 5.32 Å². The first-order valence-corrected chi connectivity index (χ1v) is 5.36. The van der Waals surface area contributed by atoms with Gasteiger partial charge in [0.25, 0.3) is 0 Å². The van der Waals surface area contributed by atoms with Crippen LogP contribution in [-0.2, 0) is 14.3 Å². The Bertz CT molecular complexity index is 265. The van der Waals surface area contributed by atoms with Crippen molar-refractivity contribution in [1.82, 2.24) is 5.32 Å². The molecule has 0 aromatic rings. The minimum Gasteiger partial charge on any atom is -0.462 e. The Kier molecular flexibility index (Phi) is 3.72. The number of carbonyl (C=O) groups excluding carboxylic acids is 2. The molecule has 4 heteroatoms. The molecule has 1 N–H and O–H groups in total. The zero-order valence-corrected chi connectivity index (χ0v) is 9.74. The smallest absolute Gasteiger partial charge is 0.302 e. The minimum atomic E-state index is -0.267. The monoisotopic (exact) mass is 213 g/mol. The molecule has 4 nitrogen and oxygen atoms in total. The summed E-state index contributed by atoms with van der Waals surface area (Å²) in [6.45, 7) is 5.47. The predicted octanol–water partition coefficient (Wildman–Crippen LogP) is 0.956. The Labute approximate surface area is 90.4 Å². The summed E-state index contributed by atoms with van der Waals surface area (Å²) in [5, 5.41) is 2.65. The van der Waals surface area contributed by atoms with Crippen molar-refractivity contribution in [2.24, 2.45) is 17.8 Å². The third kappa shape index (κ3) is 2.49. The Morgan fingerprint density at radius 2 is 1.87 bits per heavy atom. The highest BCUT2D eigenvalue weighted by Crippen LogP contribution is 2.38. The fourth-order valence-electron chi connectivity index (χ4n) is 2.28. The van der Waals surface area contributed by atoms with E-state index in [9.17, 15) is 9.59 Å². The van der Waals surface area contributed by atoms with Gasteiger partial charge in [-0.15, -0.1) is 0 Å². The van der Waals surface area contributed by atoms with Crippen molar-refractivity contribution in [1.29, 1.82) is 0 Å². The van der Waals surface area contributed by atoms with Crippen LogP contribution in [0.1, 0.15) is 27.2 Å². The van der Waals surface area contributed by atoms with Crippen molar-refractivity contribution < 1.29 is 14.3 Å². The normalized spacial score (nSPS) is 34.9. The van der Waals surface area contributed by atoms with Gasteiger partial charge in [-0.2, -0.15) is 0 Å². The standard InChI is InChI=1S/C11H19NO3/c1-6-7(2)10(15-8(3)13)5-9(6)11(14)12-4/h6-7,9-10H,5H2,1-4H3,(H,12,14)/t6-,7+,9-,10-/m0/s1. The molecule has 0 aromatic heterocycles. The Morgan fingerprint density at radius 3 is 2.33 bits per heavy atom. The SMILES string of the molecule is CNC(=O)[C@H]1C[C@H](OC(C)=O)[C@H](C)[C@@H]1C. The molecule has 0 bridgehead atoms. The van der Waals surface area contributed by atoms with Crippen LogP contribution in [0.3, 0.4) is 0 Å². The van der Waals surface area contributed by atoms with E-state index in [1.165, 1.54) is 6.92 Å². The fraction of sp³-hybridized carbons (Fsp3) is 0.818. The molecule has 0 unspecified atom stereocenters. The molecule has 1 aliphatic rings. The summed E-state index contributed by atoms with van der Waals surface area (Å²) >= 11 is 0. The van der Waals surface area contributed by atoms with E-state index >= 15 is 0 Å². The van der Waals surface area contributed by atoms with Crippen LogP contribution < -0.4 is 5.32 Å². The molecule has 0 spiro atoms.